The summed E-state index contributed by atoms with van der Waals surface area (Å²) < 4.78 is 13.4. The van der Waals surface area contributed by atoms with Gasteiger partial charge in [0.15, 0.2) is 5.82 Å². The highest BCUT2D eigenvalue weighted by atomic mass is 79.9. The van der Waals surface area contributed by atoms with Crippen LogP contribution in [0.4, 0.5) is 10.1 Å². The van der Waals surface area contributed by atoms with Crippen LogP contribution < -0.4 is 11.1 Å². The van der Waals surface area contributed by atoms with E-state index in [-0.39, 0.29) is 20.7 Å². The summed E-state index contributed by atoms with van der Waals surface area (Å²) in [5, 5.41) is 2.43. The zero-order chi connectivity index (χ0) is 10.9. The molecule has 0 bridgehead atoms. The molecule has 1 amide bonds. The van der Waals surface area contributed by atoms with Crippen LogP contribution >= 0.6 is 27.5 Å². The van der Waals surface area contributed by atoms with E-state index >= 15 is 0 Å². The summed E-state index contributed by atoms with van der Waals surface area (Å²) in [6.07, 6.45) is 0. The number of hydrogen-bond acceptors (Lipinski definition) is 2. The maximum absolute atomic E-state index is 13.3. The van der Waals surface area contributed by atoms with E-state index in [1.54, 1.807) is 0 Å². The summed E-state index contributed by atoms with van der Waals surface area (Å²) in [5.41, 5.74) is 5.10. The summed E-state index contributed by atoms with van der Waals surface area (Å²) in [7, 11) is 1.41. The first kappa shape index (κ1) is 11.3. The number of nitrogens with one attached hydrogen (secondary N) is 1. The molecule has 0 atom stereocenters. The molecule has 0 saturated heterocycles. The van der Waals surface area contributed by atoms with Crippen molar-refractivity contribution in [3.63, 3.8) is 0 Å². The topological polar surface area (TPSA) is 55.1 Å². The van der Waals surface area contributed by atoms with Crippen LogP contribution in [0.5, 0.6) is 0 Å². The van der Waals surface area contributed by atoms with Crippen molar-refractivity contribution >= 4 is 39.1 Å². The van der Waals surface area contributed by atoms with E-state index in [2.05, 4.69) is 21.2 Å². The first-order valence-corrected chi connectivity index (χ1v) is 4.81. The molecule has 3 N–H and O–H groups in total. The van der Waals surface area contributed by atoms with E-state index < -0.39 is 11.7 Å². The first-order valence-electron chi connectivity index (χ1n) is 3.64. The molecule has 0 aliphatic carbocycles. The van der Waals surface area contributed by atoms with Gasteiger partial charge in [0.2, 0.25) is 0 Å². The highest BCUT2D eigenvalue weighted by molar-refractivity contribution is 9.10. The Hall–Kier alpha value is -0.810. The maximum atomic E-state index is 13.3. The average Bonchev–Trinajstić information content (AvgIpc) is 2.14. The molecule has 1 aromatic carbocycles. The van der Waals surface area contributed by atoms with Crippen LogP contribution in [0.15, 0.2) is 10.5 Å². The molecule has 1 rings (SSSR count). The Bertz CT molecular complexity index is 397. The molecule has 0 fully saturated rings. The quantitative estimate of drug-likeness (QED) is 0.612. The molecule has 14 heavy (non-hydrogen) atoms. The van der Waals surface area contributed by atoms with E-state index in [9.17, 15) is 9.18 Å². The fourth-order valence-electron chi connectivity index (χ4n) is 0.970. The number of carbonyl (C=O) groups is 1. The van der Waals surface area contributed by atoms with Crippen LogP contribution in [-0.2, 0) is 0 Å². The lowest BCUT2D eigenvalue weighted by molar-refractivity contribution is 0.0963. The molecular weight excluding hydrogens is 274 g/mol. The second-order valence-electron chi connectivity index (χ2n) is 2.52. The predicted molar refractivity (Wildman–Crippen MR) is 56.9 cm³/mol. The van der Waals surface area contributed by atoms with Crippen molar-refractivity contribution in [3.05, 3.63) is 26.9 Å². The lowest BCUT2D eigenvalue weighted by Crippen LogP contribution is -2.20. The number of nitrogen functional groups attached to an aromatic ring is 1. The number of hydrogen-bond donors (Lipinski definition) is 2. The minimum Gasteiger partial charge on any atom is -0.396 e. The van der Waals surface area contributed by atoms with Crippen LogP contribution in [0.25, 0.3) is 0 Å². The number of anilines is 1. The van der Waals surface area contributed by atoms with Crippen LogP contribution in [0, 0.1) is 5.82 Å². The summed E-state index contributed by atoms with van der Waals surface area (Å²) >= 11 is 8.67. The third kappa shape index (κ3) is 1.83. The third-order valence-corrected chi connectivity index (χ3v) is 2.54. The lowest BCUT2D eigenvalue weighted by Gasteiger charge is -2.08. The van der Waals surface area contributed by atoms with E-state index in [0.29, 0.717) is 0 Å². The van der Waals surface area contributed by atoms with Crippen LogP contribution in [0.2, 0.25) is 5.02 Å². The van der Waals surface area contributed by atoms with Crippen LogP contribution in [0.3, 0.4) is 0 Å². The molecule has 0 aliphatic rings. The molecule has 0 aliphatic heterocycles. The number of halogens is 3. The zero-order valence-electron chi connectivity index (χ0n) is 7.20. The molecule has 6 heteroatoms. The normalized spacial score (nSPS) is 10.0. The predicted octanol–water partition coefficient (Wildman–Crippen LogP) is 2.18. The number of nitrogens with two attached hydrogens (primary N) is 1. The highest BCUT2D eigenvalue weighted by Crippen LogP contribution is 2.30. The van der Waals surface area contributed by atoms with Crippen molar-refractivity contribution in [2.45, 2.75) is 0 Å². The summed E-state index contributed by atoms with van der Waals surface area (Å²) in [5.74, 6) is -1.20. The van der Waals surface area contributed by atoms with Crippen molar-refractivity contribution < 1.29 is 9.18 Å². The van der Waals surface area contributed by atoms with E-state index in [0.717, 1.165) is 0 Å². The second-order valence-corrected chi connectivity index (χ2v) is 3.78. The second kappa shape index (κ2) is 4.14. The molecule has 0 unspecified atom stereocenters. The standard InChI is InChI=1S/C8H7BrClFN2O/c1-13-8(14)5-4(10)2-3(9)6(11)7(5)12/h2H,12H2,1H3,(H,13,14). The molecular formula is C8H7BrClFN2O. The molecule has 0 heterocycles. The Kier molecular flexibility index (Phi) is 3.34. The van der Waals surface area contributed by atoms with Crippen molar-refractivity contribution in [2.24, 2.45) is 0 Å². The molecule has 1 aromatic rings. The summed E-state index contributed by atoms with van der Waals surface area (Å²) in [6, 6.07) is 1.29. The van der Waals surface area contributed by atoms with E-state index in [1.165, 1.54) is 13.1 Å². The first-order chi connectivity index (χ1) is 6.49. The summed E-state index contributed by atoms with van der Waals surface area (Å²) in [6.45, 7) is 0. The Morgan fingerprint density at radius 2 is 2.29 bits per heavy atom. The van der Waals surface area contributed by atoms with Gasteiger partial charge in [-0.15, -0.1) is 0 Å². The zero-order valence-corrected chi connectivity index (χ0v) is 9.54. The molecule has 0 spiro atoms. The van der Waals surface area contributed by atoms with Gasteiger partial charge in [-0.2, -0.15) is 0 Å². The van der Waals surface area contributed by atoms with E-state index in [4.69, 9.17) is 17.3 Å². The van der Waals surface area contributed by atoms with Gasteiger partial charge in [0, 0.05) is 7.05 Å². The molecule has 3 nitrogen and oxygen atoms in total. The van der Waals surface area contributed by atoms with Gasteiger partial charge in [-0.05, 0) is 22.0 Å². The minimum absolute atomic E-state index is 0.0464. The maximum Gasteiger partial charge on any atom is 0.254 e. The largest absolute Gasteiger partial charge is 0.396 e. The Morgan fingerprint density at radius 1 is 1.71 bits per heavy atom. The van der Waals surface area contributed by atoms with Crippen molar-refractivity contribution in [2.75, 3.05) is 12.8 Å². The third-order valence-electron chi connectivity index (χ3n) is 1.66. The van der Waals surface area contributed by atoms with Crippen molar-refractivity contribution in [3.8, 4) is 0 Å². The Balaban J connectivity index is 3.44. The number of rotatable bonds is 1. The van der Waals surface area contributed by atoms with Crippen molar-refractivity contribution in [1.82, 2.24) is 5.32 Å². The minimum atomic E-state index is -0.687. The molecule has 76 valence electrons. The van der Waals surface area contributed by atoms with Gasteiger partial charge in [0.25, 0.3) is 5.91 Å². The Morgan fingerprint density at radius 3 is 2.79 bits per heavy atom. The average molecular weight is 282 g/mol. The number of amides is 1. The molecule has 0 aromatic heterocycles. The SMILES string of the molecule is CNC(=O)c1c(Cl)cc(Br)c(F)c1N. The lowest BCUT2D eigenvalue weighted by atomic mass is 10.1. The van der Waals surface area contributed by atoms with Crippen LogP contribution in [0.1, 0.15) is 10.4 Å². The monoisotopic (exact) mass is 280 g/mol. The van der Waals surface area contributed by atoms with Gasteiger partial charge < -0.3 is 11.1 Å². The molecule has 0 saturated carbocycles. The van der Waals surface area contributed by atoms with E-state index in [1.807, 2.05) is 0 Å². The highest BCUT2D eigenvalue weighted by Gasteiger charge is 2.18. The number of carbonyl (C=O) groups excluding carboxylic acids is 1. The van der Waals surface area contributed by atoms with Gasteiger partial charge in [-0.1, -0.05) is 11.6 Å². The van der Waals surface area contributed by atoms with Gasteiger partial charge >= 0.3 is 0 Å². The van der Waals surface area contributed by atoms with Crippen LogP contribution in [-0.4, -0.2) is 13.0 Å². The summed E-state index contributed by atoms with van der Waals surface area (Å²) in [4.78, 5) is 11.3. The van der Waals surface area contributed by atoms with Gasteiger partial charge in [0.05, 0.1) is 20.7 Å². The Labute approximate surface area is 93.5 Å². The van der Waals surface area contributed by atoms with Crippen molar-refractivity contribution in [1.29, 1.82) is 0 Å². The van der Waals surface area contributed by atoms with Gasteiger partial charge in [-0.25, -0.2) is 4.39 Å². The van der Waals surface area contributed by atoms with Gasteiger partial charge in [0.1, 0.15) is 0 Å². The number of benzene rings is 1. The fourth-order valence-corrected chi connectivity index (χ4v) is 1.84. The fraction of sp³-hybridized carbons (Fsp3) is 0.125. The van der Waals surface area contributed by atoms with Gasteiger partial charge in [-0.3, -0.25) is 4.79 Å². The smallest absolute Gasteiger partial charge is 0.254 e. The molecule has 0 radical (unpaired) electrons.